The van der Waals surface area contributed by atoms with E-state index in [4.69, 9.17) is 39.6 Å². The van der Waals surface area contributed by atoms with Crippen LogP contribution in [-0.2, 0) is 19.2 Å². The van der Waals surface area contributed by atoms with Crippen molar-refractivity contribution in [3.05, 3.63) is 48.5 Å². The third-order valence-electron chi connectivity index (χ3n) is 1.66. The fraction of sp³-hybridized carbons (Fsp3) is 0.222. The van der Waals surface area contributed by atoms with Crippen LogP contribution in [0.1, 0.15) is 27.7 Å². The number of benzene rings is 2. The summed E-state index contributed by atoms with van der Waals surface area (Å²) >= 11 is 0. The van der Waals surface area contributed by atoms with Gasteiger partial charge in [0.05, 0.1) is 0 Å². The summed E-state index contributed by atoms with van der Waals surface area (Å²) in [6.45, 7) is 4.33. The maximum absolute atomic E-state index is 9.00. The highest BCUT2D eigenvalue weighted by Crippen LogP contribution is 2.11. The van der Waals surface area contributed by atoms with E-state index in [-0.39, 0.29) is 0 Å². The predicted octanol–water partition coefficient (Wildman–Crippen LogP) is 3.20. The van der Waals surface area contributed by atoms with Crippen LogP contribution in [0, 0.1) is 0 Å². The molecule has 0 amide bonds. The van der Waals surface area contributed by atoms with Crippen molar-refractivity contribution in [2.45, 2.75) is 27.7 Å². The molecular weight excluding hydrogens is 344 g/mol. The summed E-state index contributed by atoms with van der Waals surface area (Å²) in [6, 6.07) is 16.7. The zero-order valence-electron chi connectivity index (χ0n) is 15.0. The fourth-order valence-corrected chi connectivity index (χ4v) is 1.13. The molecule has 0 aliphatic carbocycles. The molecule has 0 aromatic heterocycles. The molecule has 0 heterocycles. The first-order chi connectivity index (χ1) is 11.9. The molecule has 0 radical (unpaired) electrons. The van der Waals surface area contributed by atoms with E-state index in [1.165, 1.54) is 10.8 Å². The zero-order chi connectivity index (χ0) is 21.1. The number of aliphatic carboxylic acids is 4. The van der Waals surface area contributed by atoms with Gasteiger partial charge in [0.1, 0.15) is 0 Å². The SMILES string of the molecule is CC(=O)O.CC(=O)O.CC(=O)O.CC(=O)O.c1ccc2ccccc2c1. The highest BCUT2D eigenvalue weighted by molar-refractivity contribution is 5.82. The molecule has 2 aromatic carbocycles. The van der Waals surface area contributed by atoms with Crippen LogP contribution in [0.5, 0.6) is 0 Å². The molecule has 0 spiro atoms. The van der Waals surface area contributed by atoms with Crippen LogP contribution in [-0.4, -0.2) is 44.3 Å². The topological polar surface area (TPSA) is 149 Å². The van der Waals surface area contributed by atoms with Crippen LogP contribution in [0.15, 0.2) is 48.5 Å². The lowest BCUT2D eigenvalue weighted by atomic mass is 10.1. The summed E-state index contributed by atoms with van der Waals surface area (Å²) < 4.78 is 0. The molecule has 0 saturated carbocycles. The Labute approximate surface area is 151 Å². The Morgan fingerprint density at radius 2 is 0.615 bits per heavy atom. The first-order valence-electron chi connectivity index (χ1n) is 7.12. The molecule has 8 heteroatoms. The highest BCUT2D eigenvalue weighted by atomic mass is 16.4. The number of carbonyl (C=O) groups is 4. The molecule has 0 unspecified atom stereocenters. The monoisotopic (exact) mass is 368 g/mol. The van der Waals surface area contributed by atoms with Gasteiger partial charge in [-0.1, -0.05) is 48.5 Å². The average Bonchev–Trinajstić information content (AvgIpc) is 2.45. The summed E-state index contributed by atoms with van der Waals surface area (Å²) in [5.41, 5.74) is 0. The van der Waals surface area contributed by atoms with Crippen molar-refractivity contribution in [2.24, 2.45) is 0 Å². The maximum atomic E-state index is 9.00. The van der Waals surface area contributed by atoms with Crippen molar-refractivity contribution in [3.63, 3.8) is 0 Å². The largest absolute Gasteiger partial charge is 0.481 e. The highest BCUT2D eigenvalue weighted by Gasteiger charge is 1.85. The fourth-order valence-electron chi connectivity index (χ4n) is 1.13. The lowest BCUT2D eigenvalue weighted by Gasteiger charge is -1.92. The van der Waals surface area contributed by atoms with Crippen LogP contribution in [0.2, 0.25) is 0 Å². The molecule has 0 fully saturated rings. The third kappa shape index (κ3) is 37.1. The second kappa shape index (κ2) is 17.9. The Bertz CT molecular complexity index is 550. The van der Waals surface area contributed by atoms with E-state index in [2.05, 4.69) is 48.5 Å². The van der Waals surface area contributed by atoms with E-state index < -0.39 is 23.9 Å². The molecule has 0 atom stereocenters. The van der Waals surface area contributed by atoms with Crippen LogP contribution in [0.25, 0.3) is 10.8 Å². The molecule has 2 aromatic rings. The average molecular weight is 368 g/mol. The molecule has 144 valence electrons. The third-order valence-corrected chi connectivity index (χ3v) is 1.66. The van der Waals surface area contributed by atoms with Crippen LogP contribution >= 0.6 is 0 Å². The van der Waals surface area contributed by atoms with Crippen LogP contribution in [0.3, 0.4) is 0 Å². The lowest BCUT2D eigenvalue weighted by Crippen LogP contribution is -1.78. The molecule has 2 rings (SSSR count). The molecule has 8 nitrogen and oxygen atoms in total. The first kappa shape index (κ1) is 27.4. The van der Waals surface area contributed by atoms with E-state index in [1.54, 1.807) is 0 Å². The van der Waals surface area contributed by atoms with Crippen molar-refractivity contribution in [3.8, 4) is 0 Å². The number of hydrogen-bond donors (Lipinski definition) is 4. The molecule has 0 aliphatic rings. The van der Waals surface area contributed by atoms with Gasteiger partial charge < -0.3 is 20.4 Å². The van der Waals surface area contributed by atoms with Crippen LogP contribution in [0.4, 0.5) is 0 Å². The number of fused-ring (bicyclic) bond motifs is 1. The van der Waals surface area contributed by atoms with Gasteiger partial charge in [0, 0.05) is 27.7 Å². The van der Waals surface area contributed by atoms with E-state index in [0.717, 1.165) is 27.7 Å². The van der Waals surface area contributed by atoms with Crippen molar-refractivity contribution in [1.82, 2.24) is 0 Å². The van der Waals surface area contributed by atoms with Gasteiger partial charge in [-0.25, -0.2) is 0 Å². The number of carboxylic acid groups (broad SMARTS) is 4. The van der Waals surface area contributed by atoms with Gasteiger partial charge in [-0.3, -0.25) is 19.2 Å². The second-order valence-corrected chi connectivity index (χ2v) is 4.42. The van der Waals surface area contributed by atoms with Crippen LogP contribution < -0.4 is 0 Å². The first-order valence-corrected chi connectivity index (χ1v) is 7.12. The Kier molecular flexibility index (Phi) is 18.9. The van der Waals surface area contributed by atoms with Crippen molar-refractivity contribution in [2.75, 3.05) is 0 Å². The number of hydrogen-bond acceptors (Lipinski definition) is 4. The normalized spacial score (nSPS) is 7.69. The minimum Gasteiger partial charge on any atom is -0.481 e. The van der Waals surface area contributed by atoms with E-state index in [9.17, 15) is 0 Å². The Morgan fingerprint density at radius 1 is 0.500 bits per heavy atom. The standard InChI is InChI=1S/C10H8.4C2H4O2/c1-2-6-10-8-4-3-7-9(10)5-1;4*1-2(3)4/h1-8H;4*1H3,(H,3,4). The van der Waals surface area contributed by atoms with Gasteiger partial charge in [-0.2, -0.15) is 0 Å². The van der Waals surface area contributed by atoms with Gasteiger partial charge in [0.15, 0.2) is 0 Å². The van der Waals surface area contributed by atoms with Crippen molar-refractivity contribution < 1.29 is 39.6 Å². The van der Waals surface area contributed by atoms with Gasteiger partial charge in [0.2, 0.25) is 0 Å². The van der Waals surface area contributed by atoms with Crippen molar-refractivity contribution in [1.29, 1.82) is 0 Å². The minimum absolute atomic E-state index is 0.833. The second-order valence-electron chi connectivity index (χ2n) is 4.42. The maximum Gasteiger partial charge on any atom is 0.300 e. The molecule has 4 N–H and O–H groups in total. The van der Waals surface area contributed by atoms with Gasteiger partial charge in [0.25, 0.3) is 23.9 Å². The summed E-state index contributed by atoms with van der Waals surface area (Å²) in [6.07, 6.45) is 0. The predicted molar refractivity (Wildman–Crippen MR) is 97.2 cm³/mol. The van der Waals surface area contributed by atoms with Gasteiger partial charge >= 0.3 is 0 Å². The molecular formula is C18H24O8. The minimum atomic E-state index is -0.833. The number of rotatable bonds is 0. The molecule has 26 heavy (non-hydrogen) atoms. The van der Waals surface area contributed by atoms with E-state index in [0.29, 0.717) is 0 Å². The van der Waals surface area contributed by atoms with E-state index >= 15 is 0 Å². The lowest BCUT2D eigenvalue weighted by molar-refractivity contribution is -0.135. The Balaban J connectivity index is -0.000000284. The summed E-state index contributed by atoms with van der Waals surface area (Å²) in [7, 11) is 0. The van der Waals surface area contributed by atoms with Crippen molar-refractivity contribution >= 4 is 34.6 Å². The zero-order valence-corrected chi connectivity index (χ0v) is 15.0. The van der Waals surface area contributed by atoms with Gasteiger partial charge in [-0.15, -0.1) is 0 Å². The number of carboxylic acids is 4. The summed E-state index contributed by atoms with van der Waals surface area (Å²) in [5, 5.41) is 32.3. The quantitative estimate of drug-likeness (QED) is 0.554. The van der Waals surface area contributed by atoms with E-state index in [1.807, 2.05) is 0 Å². The summed E-state index contributed by atoms with van der Waals surface area (Å²) in [4.78, 5) is 36.0. The Hall–Kier alpha value is -3.42. The molecule has 0 aliphatic heterocycles. The Morgan fingerprint density at radius 3 is 0.731 bits per heavy atom. The molecule has 0 saturated heterocycles. The van der Waals surface area contributed by atoms with Gasteiger partial charge in [-0.05, 0) is 10.8 Å². The smallest absolute Gasteiger partial charge is 0.300 e. The molecule has 0 bridgehead atoms. The summed E-state index contributed by atoms with van der Waals surface area (Å²) in [5.74, 6) is -3.33.